The van der Waals surface area contributed by atoms with E-state index in [1.54, 1.807) is 0 Å². The summed E-state index contributed by atoms with van der Waals surface area (Å²) in [6.07, 6.45) is 1.82. The van der Waals surface area contributed by atoms with Gasteiger partial charge in [0.25, 0.3) is 0 Å². The first-order valence-corrected chi connectivity index (χ1v) is 7.39. The maximum absolute atomic E-state index is 5.64. The van der Waals surface area contributed by atoms with E-state index in [-0.39, 0.29) is 0 Å². The lowest BCUT2D eigenvalue weighted by Crippen LogP contribution is -2.14. The van der Waals surface area contributed by atoms with Crippen molar-refractivity contribution in [2.45, 2.75) is 27.0 Å². The number of hydrogen-bond acceptors (Lipinski definition) is 4. The van der Waals surface area contributed by atoms with E-state index in [4.69, 9.17) is 4.74 Å². The molecule has 5 heteroatoms. The molecule has 1 aromatic carbocycles. The van der Waals surface area contributed by atoms with Crippen LogP contribution in [0.25, 0.3) is 0 Å². The number of benzene rings is 1. The van der Waals surface area contributed by atoms with Crippen LogP contribution in [0.15, 0.2) is 34.9 Å². The van der Waals surface area contributed by atoms with Crippen LogP contribution in [0.1, 0.15) is 23.7 Å². The molecule has 20 heavy (non-hydrogen) atoms. The molecule has 0 aliphatic rings. The molecule has 0 saturated heterocycles. The van der Waals surface area contributed by atoms with Gasteiger partial charge in [0.2, 0.25) is 0 Å². The number of nitrogens with zero attached hydrogens (tertiary/aromatic N) is 2. The average Bonchev–Trinajstić information content (AvgIpc) is 2.45. The molecule has 0 atom stereocenters. The van der Waals surface area contributed by atoms with E-state index in [9.17, 15) is 0 Å². The van der Waals surface area contributed by atoms with Crippen LogP contribution in [0.2, 0.25) is 0 Å². The van der Waals surface area contributed by atoms with E-state index < -0.39 is 0 Å². The molecule has 1 aromatic heterocycles. The van der Waals surface area contributed by atoms with Gasteiger partial charge in [0.15, 0.2) is 0 Å². The van der Waals surface area contributed by atoms with E-state index in [1.807, 2.05) is 37.4 Å². The van der Waals surface area contributed by atoms with Crippen LogP contribution >= 0.6 is 15.9 Å². The summed E-state index contributed by atoms with van der Waals surface area (Å²) in [7, 11) is 0. The summed E-state index contributed by atoms with van der Waals surface area (Å²) in [6, 6.07) is 8.37. The third-order valence-corrected chi connectivity index (χ3v) is 3.71. The van der Waals surface area contributed by atoms with Crippen molar-refractivity contribution in [3.8, 4) is 6.01 Å². The maximum atomic E-state index is 5.64. The SMILES string of the molecule is CCNCc1cnc(OCc2ccccc2Br)nc1C. The van der Waals surface area contributed by atoms with Crippen LogP contribution in [0.3, 0.4) is 0 Å². The number of rotatable bonds is 6. The van der Waals surface area contributed by atoms with Gasteiger partial charge in [-0.05, 0) is 19.5 Å². The van der Waals surface area contributed by atoms with Crippen LogP contribution < -0.4 is 10.1 Å². The highest BCUT2D eigenvalue weighted by molar-refractivity contribution is 9.10. The first-order chi connectivity index (χ1) is 9.70. The second-order valence-corrected chi connectivity index (χ2v) is 5.28. The molecule has 0 amide bonds. The first-order valence-electron chi connectivity index (χ1n) is 6.60. The zero-order valence-electron chi connectivity index (χ0n) is 11.7. The minimum Gasteiger partial charge on any atom is -0.459 e. The molecule has 0 radical (unpaired) electrons. The van der Waals surface area contributed by atoms with Gasteiger partial charge in [-0.25, -0.2) is 9.97 Å². The largest absolute Gasteiger partial charge is 0.459 e. The summed E-state index contributed by atoms with van der Waals surface area (Å²) in [4.78, 5) is 8.63. The Labute approximate surface area is 127 Å². The Morgan fingerprint density at radius 3 is 2.75 bits per heavy atom. The van der Waals surface area contributed by atoms with E-state index >= 15 is 0 Å². The predicted molar refractivity (Wildman–Crippen MR) is 82.6 cm³/mol. The monoisotopic (exact) mass is 335 g/mol. The zero-order chi connectivity index (χ0) is 14.4. The van der Waals surface area contributed by atoms with Crippen molar-refractivity contribution in [2.75, 3.05) is 6.54 Å². The van der Waals surface area contributed by atoms with Gasteiger partial charge in [-0.3, -0.25) is 0 Å². The number of nitrogens with one attached hydrogen (secondary N) is 1. The van der Waals surface area contributed by atoms with E-state index in [0.29, 0.717) is 12.6 Å². The Hall–Kier alpha value is -1.46. The van der Waals surface area contributed by atoms with Gasteiger partial charge in [-0.2, -0.15) is 0 Å². The molecule has 0 aliphatic carbocycles. The molecule has 0 aliphatic heterocycles. The minimum atomic E-state index is 0.415. The summed E-state index contributed by atoms with van der Waals surface area (Å²) < 4.78 is 6.67. The first kappa shape index (κ1) is 14.9. The fraction of sp³-hybridized carbons (Fsp3) is 0.333. The van der Waals surface area contributed by atoms with Gasteiger partial charge in [0, 0.05) is 34.0 Å². The van der Waals surface area contributed by atoms with E-state index in [0.717, 1.165) is 34.4 Å². The summed E-state index contributed by atoms with van der Waals surface area (Å²) in [5.74, 6) is 0. The van der Waals surface area contributed by atoms with Gasteiger partial charge in [0.1, 0.15) is 6.61 Å². The summed E-state index contributed by atoms with van der Waals surface area (Å²) >= 11 is 3.50. The molecule has 106 valence electrons. The Balaban J connectivity index is 2.00. The van der Waals surface area contributed by atoms with Crippen molar-refractivity contribution >= 4 is 15.9 Å². The van der Waals surface area contributed by atoms with Gasteiger partial charge >= 0.3 is 6.01 Å². The predicted octanol–water partition coefficient (Wildman–Crippen LogP) is 3.24. The number of aromatic nitrogens is 2. The molecular weight excluding hydrogens is 318 g/mol. The smallest absolute Gasteiger partial charge is 0.316 e. The summed E-state index contributed by atoms with van der Waals surface area (Å²) in [5, 5.41) is 3.26. The third kappa shape index (κ3) is 4.02. The van der Waals surface area contributed by atoms with Crippen molar-refractivity contribution in [3.05, 3.63) is 51.8 Å². The van der Waals surface area contributed by atoms with E-state index in [1.165, 1.54) is 0 Å². The second-order valence-electron chi connectivity index (χ2n) is 4.42. The fourth-order valence-corrected chi connectivity index (χ4v) is 2.13. The Morgan fingerprint density at radius 1 is 1.25 bits per heavy atom. The highest BCUT2D eigenvalue weighted by atomic mass is 79.9. The molecule has 0 bridgehead atoms. The molecule has 0 saturated carbocycles. The molecule has 1 heterocycles. The van der Waals surface area contributed by atoms with Crippen molar-refractivity contribution in [1.82, 2.24) is 15.3 Å². The number of hydrogen-bond donors (Lipinski definition) is 1. The molecule has 4 nitrogen and oxygen atoms in total. The number of aryl methyl sites for hydroxylation is 1. The lowest BCUT2D eigenvalue weighted by molar-refractivity contribution is 0.279. The van der Waals surface area contributed by atoms with Crippen LogP contribution in [-0.4, -0.2) is 16.5 Å². The van der Waals surface area contributed by atoms with Crippen LogP contribution in [0.5, 0.6) is 6.01 Å². The van der Waals surface area contributed by atoms with Gasteiger partial charge in [-0.15, -0.1) is 0 Å². The molecule has 2 aromatic rings. The van der Waals surface area contributed by atoms with Gasteiger partial charge in [0.05, 0.1) is 0 Å². The summed E-state index contributed by atoms with van der Waals surface area (Å²) in [6.45, 7) is 6.21. The normalized spacial score (nSPS) is 10.6. The maximum Gasteiger partial charge on any atom is 0.316 e. The topological polar surface area (TPSA) is 47.0 Å². The number of halogens is 1. The highest BCUT2D eigenvalue weighted by Gasteiger charge is 2.05. The summed E-state index contributed by atoms with van der Waals surface area (Å²) in [5.41, 5.74) is 3.12. The Bertz CT molecular complexity index is 575. The van der Waals surface area contributed by atoms with E-state index in [2.05, 4.69) is 38.1 Å². The molecule has 0 unspecified atom stereocenters. The standard InChI is InChI=1S/C15H18BrN3O/c1-3-17-8-13-9-18-15(19-11(13)2)20-10-12-6-4-5-7-14(12)16/h4-7,9,17H,3,8,10H2,1-2H3. The second kappa shape index (κ2) is 7.36. The van der Waals surface area contributed by atoms with Crippen LogP contribution in [0.4, 0.5) is 0 Å². The Morgan fingerprint density at radius 2 is 2.05 bits per heavy atom. The van der Waals surface area contributed by atoms with Crippen molar-refractivity contribution < 1.29 is 4.74 Å². The lowest BCUT2D eigenvalue weighted by Gasteiger charge is -2.09. The van der Waals surface area contributed by atoms with Crippen molar-refractivity contribution in [2.24, 2.45) is 0 Å². The fourth-order valence-electron chi connectivity index (χ4n) is 1.73. The molecule has 1 N–H and O–H groups in total. The third-order valence-electron chi connectivity index (χ3n) is 2.94. The zero-order valence-corrected chi connectivity index (χ0v) is 13.3. The highest BCUT2D eigenvalue weighted by Crippen LogP contribution is 2.17. The molecule has 2 rings (SSSR count). The van der Waals surface area contributed by atoms with Crippen molar-refractivity contribution in [1.29, 1.82) is 0 Å². The average molecular weight is 336 g/mol. The molecule has 0 spiro atoms. The van der Waals surface area contributed by atoms with Crippen molar-refractivity contribution in [3.63, 3.8) is 0 Å². The minimum absolute atomic E-state index is 0.415. The number of ether oxygens (including phenoxy) is 1. The lowest BCUT2D eigenvalue weighted by atomic mass is 10.2. The molecule has 0 fully saturated rings. The quantitative estimate of drug-likeness (QED) is 0.880. The van der Waals surface area contributed by atoms with Crippen LogP contribution in [-0.2, 0) is 13.2 Å². The van der Waals surface area contributed by atoms with Gasteiger partial charge < -0.3 is 10.1 Å². The van der Waals surface area contributed by atoms with Crippen LogP contribution in [0, 0.1) is 6.92 Å². The Kier molecular flexibility index (Phi) is 5.49. The molecular formula is C15H18BrN3O. The van der Waals surface area contributed by atoms with Gasteiger partial charge in [-0.1, -0.05) is 41.1 Å².